The molecule has 0 radical (unpaired) electrons. The van der Waals surface area contributed by atoms with Crippen LogP contribution in [0.5, 0.6) is 0 Å². The zero-order valence-corrected chi connectivity index (χ0v) is 8.77. The molecule has 1 atom stereocenters. The number of carbonyl (C=O) groups is 1. The van der Waals surface area contributed by atoms with E-state index in [4.69, 9.17) is 9.84 Å². The first-order valence-corrected chi connectivity index (χ1v) is 4.79. The van der Waals surface area contributed by atoms with Crippen LogP contribution in [0, 0.1) is 0 Å². The maximum atomic E-state index is 10.9. The van der Waals surface area contributed by atoms with Crippen LogP contribution >= 0.6 is 0 Å². The number of carboxylic acids is 1. The van der Waals surface area contributed by atoms with Crippen LogP contribution < -0.4 is 0 Å². The Bertz CT molecular complexity index is 196. The van der Waals surface area contributed by atoms with Crippen molar-refractivity contribution in [1.29, 1.82) is 0 Å². The molecule has 1 fully saturated rings. The molecule has 1 N–H and O–H groups in total. The van der Waals surface area contributed by atoms with Gasteiger partial charge < -0.3 is 14.7 Å². The standard InChI is InChI=1S/C9H18N2O3.Li.H/c1-10-3-5-11(6-4-10)8(7-14-2)9(12)13;;/h8H,3-7H2,1-2H3,(H,12,13);;. The van der Waals surface area contributed by atoms with E-state index in [2.05, 4.69) is 4.90 Å². The van der Waals surface area contributed by atoms with Gasteiger partial charge in [-0.2, -0.15) is 0 Å². The van der Waals surface area contributed by atoms with Crippen molar-refractivity contribution in [2.24, 2.45) is 0 Å². The number of hydrogen-bond donors (Lipinski definition) is 1. The van der Waals surface area contributed by atoms with Crippen LogP contribution in [0.25, 0.3) is 0 Å². The van der Waals surface area contributed by atoms with Crippen LogP contribution in [0.15, 0.2) is 0 Å². The van der Waals surface area contributed by atoms with Gasteiger partial charge in [0, 0.05) is 33.3 Å². The fourth-order valence-corrected chi connectivity index (χ4v) is 1.62. The average molecular weight is 210 g/mol. The third kappa shape index (κ3) is 4.54. The number of carboxylic acid groups (broad SMARTS) is 1. The Balaban J connectivity index is 0.00000196. The number of nitrogens with zero attached hydrogens (tertiary/aromatic N) is 2. The van der Waals surface area contributed by atoms with Crippen molar-refractivity contribution in [3.8, 4) is 0 Å². The SMILES string of the molecule is COCC(C(=O)O)N1CCN(C)CC1.[LiH]. The molecule has 0 aliphatic carbocycles. The Morgan fingerprint density at radius 3 is 2.33 bits per heavy atom. The maximum absolute atomic E-state index is 10.9. The molecule has 0 amide bonds. The predicted octanol–water partition coefficient (Wildman–Crippen LogP) is -1.32. The normalized spacial score (nSPS) is 20.7. The van der Waals surface area contributed by atoms with Gasteiger partial charge in [-0.15, -0.1) is 0 Å². The molecule has 6 heteroatoms. The summed E-state index contributed by atoms with van der Waals surface area (Å²) in [5.74, 6) is -0.795. The summed E-state index contributed by atoms with van der Waals surface area (Å²) in [5, 5.41) is 8.99. The van der Waals surface area contributed by atoms with Crippen molar-refractivity contribution in [1.82, 2.24) is 9.80 Å². The molecule has 1 aliphatic heterocycles. The van der Waals surface area contributed by atoms with E-state index in [1.54, 1.807) is 0 Å². The second-order valence-corrected chi connectivity index (χ2v) is 3.65. The summed E-state index contributed by atoms with van der Waals surface area (Å²) in [6.45, 7) is 3.72. The Morgan fingerprint density at radius 1 is 1.40 bits per heavy atom. The second-order valence-electron chi connectivity index (χ2n) is 3.65. The van der Waals surface area contributed by atoms with Gasteiger partial charge in [-0.3, -0.25) is 9.69 Å². The zero-order valence-electron chi connectivity index (χ0n) is 8.77. The first-order valence-electron chi connectivity index (χ1n) is 4.79. The van der Waals surface area contributed by atoms with Gasteiger partial charge in [-0.05, 0) is 7.05 Å². The number of methoxy groups -OCH3 is 1. The molecule has 0 aromatic heterocycles. The molecular weight excluding hydrogens is 191 g/mol. The molecule has 1 heterocycles. The van der Waals surface area contributed by atoms with Crippen molar-refractivity contribution < 1.29 is 14.6 Å². The topological polar surface area (TPSA) is 53.0 Å². The summed E-state index contributed by atoms with van der Waals surface area (Å²) >= 11 is 0. The summed E-state index contributed by atoms with van der Waals surface area (Å²) in [4.78, 5) is 15.1. The number of rotatable bonds is 4. The minimum atomic E-state index is -0.795. The van der Waals surface area contributed by atoms with E-state index < -0.39 is 12.0 Å². The molecule has 0 saturated carbocycles. The van der Waals surface area contributed by atoms with Crippen molar-refractivity contribution >= 4 is 24.8 Å². The molecule has 15 heavy (non-hydrogen) atoms. The number of hydrogen-bond acceptors (Lipinski definition) is 4. The average Bonchev–Trinajstić information content (AvgIpc) is 2.15. The van der Waals surface area contributed by atoms with Crippen LogP contribution in [0.2, 0.25) is 0 Å². The molecule has 0 aromatic rings. The third-order valence-corrected chi connectivity index (χ3v) is 2.59. The van der Waals surface area contributed by atoms with Crippen molar-refractivity contribution in [2.45, 2.75) is 6.04 Å². The fraction of sp³-hybridized carbons (Fsp3) is 0.889. The van der Waals surface area contributed by atoms with E-state index in [9.17, 15) is 4.79 Å². The fourth-order valence-electron chi connectivity index (χ4n) is 1.62. The molecule has 84 valence electrons. The monoisotopic (exact) mass is 210 g/mol. The Hall–Kier alpha value is -0.0526. The van der Waals surface area contributed by atoms with Crippen molar-refractivity contribution in [2.75, 3.05) is 46.9 Å². The van der Waals surface area contributed by atoms with Gasteiger partial charge in [0.15, 0.2) is 0 Å². The summed E-state index contributed by atoms with van der Waals surface area (Å²) in [5.41, 5.74) is 0. The summed E-state index contributed by atoms with van der Waals surface area (Å²) in [7, 11) is 3.58. The molecule has 1 aliphatic rings. The number of aliphatic carboxylic acids is 1. The second kappa shape index (κ2) is 7.26. The van der Waals surface area contributed by atoms with Gasteiger partial charge >= 0.3 is 24.8 Å². The van der Waals surface area contributed by atoms with Gasteiger partial charge in [0.2, 0.25) is 0 Å². The quantitative estimate of drug-likeness (QED) is 0.584. The van der Waals surface area contributed by atoms with Crippen LogP contribution in [-0.4, -0.2) is 92.7 Å². The molecular formula is C9H19LiN2O3. The molecule has 0 bridgehead atoms. The van der Waals surface area contributed by atoms with Crippen LogP contribution in [0.3, 0.4) is 0 Å². The minimum absolute atomic E-state index is 0. The van der Waals surface area contributed by atoms with E-state index >= 15 is 0 Å². The third-order valence-electron chi connectivity index (χ3n) is 2.59. The number of likely N-dealkylation sites (N-methyl/N-ethyl adjacent to an activating group) is 1. The summed E-state index contributed by atoms with van der Waals surface area (Å²) in [6, 6.07) is -0.492. The Kier molecular flexibility index (Phi) is 7.23. The predicted molar refractivity (Wildman–Crippen MR) is 59.5 cm³/mol. The van der Waals surface area contributed by atoms with E-state index in [1.807, 2.05) is 11.9 Å². The van der Waals surface area contributed by atoms with E-state index in [1.165, 1.54) is 7.11 Å². The van der Waals surface area contributed by atoms with Gasteiger partial charge in [0.1, 0.15) is 6.04 Å². The molecule has 5 nitrogen and oxygen atoms in total. The molecule has 0 spiro atoms. The van der Waals surface area contributed by atoms with Gasteiger partial charge in [0.25, 0.3) is 0 Å². The van der Waals surface area contributed by atoms with Gasteiger partial charge in [0.05, 0.1) is 6.61 Å². The summed E-state index contributed by atoms with van der Waals surface area (Å²) < 4.78 is 4.91. The Labute approximate surface area is 103 Å². The zero-order chi connectivity index (χ0) is 10.6. The number of ether oxygens (including phenoxy) is 1. The first-order chi connectivity index (χ1) is 6.65. The van der Waals surface area contributed by atoms with E-state index in [0.717, 1.165) is 26.2 Å². The molecule has 1 unspecified atom stereocenters. The van der Waals surface area contributed by atoms with Crippen LogP contribution in [-0.2, 0) is 9.53 Å². The first kappa shape index (κ1) is 14.9. The Morgan fingerprint density at radius 2 is 1.93 bits per heavy atom. The van der Waals surface area contributed by atoms with Gasteiger partial charge in [-0.1, -0.05) is 0 Å². The molecule has 1 saturated heterocycles. The molecule has 0 aromatic carbocycles. The van der Waals surface area contributed by atoms with E-state index in [-0.39, 0.29) is 25.5 Å². The van der Waals surface area contributed by atoms with E-state index in [0.29, 0.717) is 0 Å². The van der Waals surface area contributed by atoms with Crippen LogP contribution in [0.1, 0.15) is 0 Å². The number of piperazine rings is 1. The van der Waals surface area contributed by atoms with Crippen molar-refractivity contribution in [3.63, 3.8) is 0 Å². The van der Waals surface area contributed by atoms with Gasteiger partial charge in [-0.25, -0.2) is 0 Å². The summed E-state index contributed by atoms with van der Waals surface area (Å²) in [6.07, 6.45) is 0. The van der Waals surface area contributed by atoms with Crippen molar-refractivity contribution in [3.05, 3.63) is 0 Å². The molecule has 1 rings (SSSR count). The van der Waals surface area contributed by atoms with Crippen LogP contribution in [0.4, 0.5) is 0 Å².